The fraction of sp³-hybridized carbons (Fsp3) is 0.333. The summed E-state index contributed by atoms with van der Waals surface area (Å²) in [6, 6.07) is 9.33. The second-order valence-corrected chi connectivity index (χ2v) is 5.69. The number of benzene rings is 1. The summed E-state index contributed by atoms with van der Waals surface area (Å²) in [4.78, 5) is 11.3. The van der Waals surface area contributed by atoms with Gasteiger partial charge in [0.25, 0.3) is 5.91 Å². The van der Waals surface area contributed by atoms with Crippen LogP contribution in [0.3, 0.4) is 0 Å². The number of carbonyl (C=O) groups excluding carboxylic acids is 1. The minimum Gasteiger partial charge on any atom is -0.485 e. The third-order valence-corrected chi connectivity index (χ3v) is 2.99. The molecule has 0 aliphatic carbocycles. The number of para-hydroxylation sites is 1. The zero-order valence-electron chi connectivity index (χ0n) is 12.3. The van der Waals surface area contributed by atoms with Gasteiger partial charge in [-0.05, 0) is 17.0 Å². The number of aromatic nitrogens is 1. The smallest absolute Gasteiger partial charge is 0.287 e. The van der Waals surface area contributed by atoms with E-state index < -0.39 is 5.91 Å². The van der Waals surface area contributed by atoms with E-state index in [1.807, 2.05) is 29.7 Å². The van der Waals surface area contributed by atoms with Crippen molar-refractivity contribution in [3.05, 3.63) is 47.3 Å². The number of ether oxygens (including phenoxy) is 1. The summed E-state index contributed by atoms with van der Waals surface area (Å²) in [7, 11) is 0. The van der Waals surface area contributed by atoms with Gasteiger partial charge in [0.15, 0.2) is 11.5 Å². The number of rotatable bonds is 4. The molecule has 0 bridgehead atoms. The van der Waals surface area contributed by atoms with E-state index in [9.17, 15) is 4.79 Å². The second kappa shape index (κ2) is 5.97. The van der Waals surface area contributed by atoms with Crippen LogP contribution in [0, 0.1) is 0 Å². The Morgan fingerprint density at radius 1 is 1.38 bits per heavy atom. The van der Waals surface area contributed by atoms with Crippen molar-refractivity contribution in [2.75, 3.05) is 0 Å². The number of hydrogen-bond donors (Lipinski definition) is 2. The van der Waals surface area contributed by atoms with Crippen molar-refractivity contribution in [2.24, 2.45) is 5.84 Å². The molecule has 2 rings (SSSR count). The van der Waals surface area contributed by atoms with Gasteiger partial charge in [-0.3, -0.25) is 10.2 Å². The molecule has 0 saturated heterocycles. The Morgan fingerprint density at radius 3 is 2.76 bits per heavy atom. The van der Waals surface area contributed by atoms with Gasteiger partial charge >= 0.3 is 0 Å². The third-order valence-electron chi connectivity index (χ3n) is 2.99. The van der Waals surface area contributed by atoms with Gasteiger partial charge < -0.3 is 9.26 Å². The summed E-state index contributed by atoms with van der Waals surface area (Å²) in [5.74, 6) is 5.77. The first-order valence-corrected chi connectivity index (χ1v) is 6.60. The lowest BCUT2D eigenvalue weighted by Gasteiger charge is -2.22. The Morgan fingerprint density at radius 2 is 2.10 bits per heavy atom. The molecule has 0 saturated carbocycles. The molecule has 21 heavy (non-hydrogen) atoms. The number of hydrogen-bond acceptors (Lipinski definition) is 5. The van der Waals surface area contributed by atoms with Crippen LogP contribution in [0.1, 0.15) is 42.6 Å². The van der Waals surface area contributed by atoms with Gasteiger partial charge in [0, 0.05) is 6.07 Å². The number of carbonyl (C=O) groups is 1. The van der Waals surface area contributed by atoms with E-state index >= 15 is 0 Å². The van der Waals surface area contributed by atoms with Gasteiger partial charge in [0.05, 0.1) is 0 Å². The van der Waals surface area contributed by atoms with Crippen molar-refractivity contribution in [1.29, 1.82) is 0 Å². The molecule has 0 unspecified atom stereocenters. The largest absolute Gasteiger partial charge is 0.485 e. The molecule has 0 spiro atoms. The Labute approximate surface area is 123 Å². The standard InChI is InChI=1S/C15H19N3O3/c1-15(2,3)11-6-4-5-7-13(11)20-9-10-8-12(18-21-10)14(19)17-16/h4-8H,9,16H2,1-3H3,(H,17,19). The van der Waals surface area contributed by atoms with Gasteiger partial charge in [-0.25, -0.2) is 5.84 Å². The van der Waals surface area contributed by atoms with Crippen LogP contribution in [0.25, 0.3) is 0 Å². The SMILES string of the molecule is CC(C)(C)c1ccccc1OCc1cc(C(=O)NN)no1. The molecule has 6 heteroatoms. The van der Waals surface area contributed by atoms with E-state index in [1.54, 1.807) is 0 Å². The topological polar surface area (TPSA) is 90.4 Å². The van der Waals surface area contributed by atoms with Gasteiger partial charge in [-0.1, -0.05) is 44.1 Å². The Hall–Kier alpha value is -2.34. The molecular formula is C15H19N3O3. The molecular weight excluding hydrogens is 270 g/mol. The van der Waals surface area contributed by atoms with E-state index in [0.29, 0.717) is 5.76 Å². The van der Waals surface area contributed by atoms with Gasteiger partial charge in [-0.15, -0.1) is 0 Å². The number of nitrogens with one attached hydrogen (secondary N) is 1. The van der Waals surface area contributed by atoms with E-state index in [4.69, 9.17) is 15.1 Å². The molecule has 6 nitrogen and oxygen atoms in total. The van der Waals surface area contributed by atoms with E-state index in [2.05, 4.69) is 25.9 Å². The number of nitrogens with two attached hydrogens (primary N) is 1. The van der Waals surface area contributed by atoms with Crippen molar-refractivity contribution in [2.45, 2.75) is 32.8 Å². The predicted molar refractivity (Wildman–Crippen MR) is 77.6 cm³/mol. The van der Waals surface area contributed by atoms with Gasteiger partial charge in [0.1, 0.15) is 12.4 Å². The summed E-state index contributed by atoms with van der Waals surface area (Å²) in [6.45, 7) is 6.55. The Kier molecular flexibility index (Phi) is 4.28. The maximum absolute atomic E-state index is 11.3. The zero-order valence-corrected chi connectivity index (χ0v) is 12.3. The van der Waals surface area contributed by atoms with Crippen molar-refractivity contribution >= 4 is 5.91 Å². The van der Waals surface area contributed by atoms with Crippen molar-refractivity contribution in [3.63, 3.8) is 0 Å². The van der Waals surface area contributed by atoms with E-state index in [0.717, 1.165) is 11.3 Å². The lowest BCUT2D eigenvalue weighted by Crippen LogP contribution is -2.30. The maximum Gasteiger partial charge on any atom is 0.287 e. The Balaban J connectivity index is 2.10. The fourth-order valence-corrected chi connectivity index (χ4v) is 1.92. The van der Waals surface area contributed by atoms with Crippen LogP contribution in [0.5, 0.6) is 5.75 Å². The van der Waals surface area contributed by atoms with Gasteiger partial charge in [-0.2, -0.15) is 0 Å². The van der Waals surface area contributed by atoms with Gasteiger partial charge in [0.2, 0.25) is 0 Å². The highest BCUT2D eigenvalue weighted by molar-refractivity contribution is 5.91. The molecule has 0 radical (unpaired) electrons. The highest BCUT2D eigenvalue weighted by Crippen LogP contribution is 2.31. The van der Waals surface area contributed by atoms with Crippen LogP contribution < -0.4 is 16.0 Å². The summed E-state index contributed by atoms with van der Waals surface area (Å²) < 4.78 is 10.8. The highest BCUT2D eigenvalue weighted by atomic mass is 16.5. The molecule has 0 fully saturated rings. The first-order valence-electron chi connectivity index (χ1n) is 6.60. The van der Waals surface area contributed by atoms with Crippen molar-refractivity contribution in [1.82, 2.24) is 10.6 Å². The minimum atomic E-state index is -0.500. The molecule has 3 N–H and O–H groups in total. The zero-order chi connectivity index (χ0) is 15.5. The van der Waals surface area contributed by atoms with Crippen LogP contribution >= 0.6 is 0 Å². The quantitative estimate of drug-likeness (QED) is 0.511. The summed E-state index contributed by atoms with van der Waals surface area (Å²) >= 11 is 0. The van der Waals surface area contributed by atoms with Crippen LogP contribution in [0.4, 0.5) is 0 Å². The first-order chi connectivity index (χ1) is 9.91. The second-order valence-electron chi connectivity index (χ2n) is 5.69. The molecule has 112 valence electrons. The molecule has 0 aliphatic rings. The van der Waals surface area contributed by atoms with Crippen LogP contribution in [0.15, 0.2) is 34.9 Å². The van der Waals surface area contributed by atoms with E-state index in [-0.39, 0.29) is 17.7 Å². The maximum atomic E-state index is 11.3. The molecule has 1 heterocycles. The first kappa shape index (κ1) is 15.1. The lowest BCUT2D eigenvalue weighted by molar-refractivity contribution is 0.0944. The number of nitrogen functional groups attached to an aromatic ring is 1. The highest BCUT2D eigenvalue weighted by Gasteiger charge is 2.19. The normalized spacial score (nSPS) is 11.2. The summed E-state index contributed by atoms with van der Waals surface area (Å²) in [5, 5.41) is 3.62. The van der Waals surface area contributed by atoms with Crippen molar-refractivity contribution < 1.29 is 14.1 Å². The molecule has 1 aromatic carbocycles. The molecule has 0 atom stereocenters. The van der Waals surface area contributed by atoms with E-state index in [1.165, 1.54) is 6.07 Å². The monoisotopic (exact) mass is 289 g/mol. The fourth-order valence-electron chi connectivity index (χ4n) is 1.92. The number of hydrazine groups is 1. The van der Waals surface area contributed by atoms with Crippen molar-refractivity contribution in [3.8, 4) is 5.75 Å². The molecule has 1 aromatic heterocycles. The molecule has 0 aliphatic heterocycles. The minimum absolute atomic E-state index is 0.0252. The van der Waals surface area contributed by atoms with Crippen LogP contribution in [0.2, 0.25) is 0 Å². The number of nitrogens with zero attached hydrogens (tertiary/aromatic N) is 1. The van der Waals surface area contributed by atoms with Crippen LogP contribution in [-0.2, 0) is 12.0 Å². The molecule has 1 amide bonds. The summed E-state index contributed by atoms with van der Waals surface area (Å²) in [5.41, 5.74) is 3.20. The summed E-state index contributed by atoms with van der Waals surface area (Å²) in [6.07, 6.45) is 0. The average molecular weight is 289 g/mol. The number of amides is 1. The lowest BCUT2D eigenvalue weighted by atomic mass is 9.86. The molecule has 2 aromatic rings. The third kappa shape index (κ3) is 3.61. The van der Waals surface area contributed by atoms with Crippen LogP contribution in [-0.4, -0.2) is 11.1 Å². The average Bonchev–Trinajstić information content (AvgIpc) is 2.92. The Bertz CT molecular complexity index is 629. The predicted octanol–water partition coefficient (Wildman–Crippen LogP) is 2.15.